The molecule has 0 aliphatic heterocycles. The molecular weight excluding hydrogens is 224 g/mol. The van der Waals surface area contributed by atoms with Gasteiger partial charge in [0.1, 0.15) is 18.9 Å². The Labute approximate surface area is 98.4 Å². The molecule has 8 heteroatoms. The molecule has 0 aromatic carbocycles. The summed E-state index contributed by atoms with van der Waals surface area (Å²) in [5.41, 5.74) is 10.5. The number of carbonyl (C=O) groups excluding carboxylic acids is 2. The highest BCUT2D eigenvalue weighted by molar-refractivity contribution is 5.86. The van der Waals surface area contributed by atoms with Gasteiger partial charge >= 0.3 is 0 Å². The van der Waals surface area contributed by atoms with Crippen LogP contribution in [-0.4, -0.2) is 32.6 Å². The topological polar surface area (TPSA) is 129 Å². The van der Waals surface area contributed by atoms with Crippen LogP contribution in [-0.2, 0) is 16.1 Å². The quantitative estimate of drug-likeness (QED) is 0.576. The van der Waals surface area contributed by atoms with E-state index in [4.69, 9.17) is 11.5 Å². The highest BCUT2D eigenvalue weighted by Gasteiger charge is 2.21. The van der Waals surface area contributed by atoms with Gasteiger partial charge in [-0.15, -0.1) is 5.10 Å². The highest BCUT2D eigenvalue weighted by atomic mass is 16.2. The second-order valence-corrected chi connectivity index (χ2v) is 3.99. The first-order chi connectivity index (χ1) is 7.90. The Balaban J connectivity index is 2.56. The minimum atomic E-state index is -0.691. The van der Waals surface area contributed by atoms with Gasteiger partial charge in [0.2, 0.25) is 17.8 Å². The number of nitrogen functional groups attached to an aromatic ring is 1. The van der Waals surface area contributed by atoms with Gasteiger partial charge in [-0.05, 0) is 5.92 Å². The molecule has 1 aromatic rings. The van der Waals surface area contributed by atoms with Crippen molar-refractivity contribution in [3.63, 3.8) is 0 Å². The summed E-state index contributed by atoms with van der Waals surface area (Å²) in [4.78, 5) is 26.4. The number of rotatable bonds is 5. The monoisotopic (exact) mass is 240 g/mol. The fourth-order valence-electron chi connectivity index (χ4n) is 1.32. The Morgan fingerprint density at radius 1 is 1.53 bits per heavy atom. The van der Waals surface area contributed by atoms with Crippen molar-refractivity contribution in [3.05, 3.63) is 6.33 Å². The van der Waals surface area contributed by atoms with E-state index in [2.05, 4.69) is 15.4 Å². The van der Waals surface area contributed by atoms with Crippen LogP contribution < -0.4 is 16.8 Å². The first-order valence-electron chi connectivity index (χ1n) is 5.13. The molecule has 0 spiro atoms. The normalized spacial score (nSPS) is 12.4. The highest BCUT2D eigenvalue weighted by Crippen LogP contribution is 2.00. The van der Waals surface area contributed by atoms with E-state index in [1.807, 2.05) is 0 Å². The predicted octanol–water partition coefficient (Wildman–Crippen LogP) is -1.51. The van der Waals surface area contributed by atoms with Gasteiger partial charge in [0.15, 0.2) is 0 Å². The number of aromatic nitrogens is 3. The summed E-state index contributed by atoms with van der Waals surface area (Å²) in [5, 5.41) is 6.28. The van der Waals surface area contributed by atoms with Crippen LogP contribution >= 0.6 is 0 Å². The molecule has 1 atom stereocenters. The number of nitrogens with one attached hydrogen (secondary N) is 1. The van der Waals surface area contributed by atoms with Crippen molar-refractivity contribution in [1.29, 1.82) is 0 Å². The van der Waals surface area contributed by atoms with Crippen LogP contribution in [0.1, 0.15) is 13.8 Å². The van der Waals surface area contributed by atoms with E-state index in [1.54, 1.807) is 13.8 Å². The average molecular weight is 240 g/mol. The number of nitrogens with zero attached hydrogens (tertiary/aromatic N) is 3. The van der Waals surface area contributed by atoms with Gasteiger partial charge in [-0.2, -0.15) is 0 Å². The molecule has 0 bridgehead atoms. The lowest BCUT2D eigenvalue weighted by atomic mass is 10.0. The van der Waals surface area contributed by atoms with Gasteiger partial charge in [-0.3, -0.25) is 9.59 Å². The summed E-state index contributed by atoms with van der Waals surface area (Å²) in [7, 11) is 0. The zero-order valence-electron chi connectivity index (χ0n) is 9.75. The smallest absolute Gasteiger partial charge is 0.242 e. The number of primary amides is 1. The zero-order valence-corrected chi connectivity index (χ0v) is 9.75. The van der Waals surface area contributed by atoms with Gasteiger partial charge in [0.05, 0.1) is 0 Å². The first-order valence-corrected chi connectivity index (χ1v) is 5.13. The third-order valence-corrected chi connectivity index (χ3v) is 2.15. The summed E-state index contributed by atoms with van der Waals surface area (Å²) in [6.45, 7) is 3.53. The number of hydrogen-bond acceptors (Lipinski definition) is 5. The summed E-state index contributed by atoms with van der Waals surface area (Å²) in [5.74, 6) is -0.913. The van der Waals surface area contributed by atoms with Gasteiger partial charge in [-0.1, -0.05) is 13.8 Å². The van der Waals surface area contributed by atoms with Crippen LogP contribution in [0, 0.1) is 5.92 Å². The maximum atomic E-state index is 11.6. The number of amides is 2. The van der Waals surface area contributed by atoms with E-state index in [1.165, 1.54) is 11.0 Å². The summed E-state index contributed by atoms with van der Waals surface area (Å²) >= 11 is 0. The third-order valence-electron chi connectivity index (χ3n) is 2.15. The van der Waals surface area contributed by atoms with Crippen molar-refractivity contribution in [2.24, 2.45) is 11.7 Å². The number of carbonyl (C=O) groups is 2. The van der Waals surface area contributed by atoms with Crippen molar-refractivity contribution in [3.8, 4) is 0 Å². The lowest BCUT2D eigenvalue weighted by Gasteiger charge is -2.18. The lowest BCUT2D eigenvalue weighted by molar-refractivity contribution is -0.128. The molecule has 2 amide bonds. The van der Waals surface area contributed by atoms with E-state index in [-0.39, 0.29) is 24.3 Å². The molecule has 5 N–H and O–H groups in total. The molecule has 1 rings (SSSR count). The summed E-state index contributed by atoms with van der Waals surface area (Å²) in [6.07, 6.45) is 1.34. The second kappa shape index (κ2) is 5.28. The lowest BCUT2D eigenvalue weighted by Crippen LogP contribution is -2.48. The van der Waals surface area contributed by atoms with Crippen molar-refractivity contribution in [2.45, 2.75) is 26.4 Å². The molecule has 17 heavy (non-hydrogen) atoms. The van der Waals surface area contributed by atoms with E-state index in [9.17, 15) is 9.59 Å². The average Bonchev–Trinajstić information content (AvgIpc) is 2.59. The predicted molar refractivity (Wildman–Crippen MR) is 60.4 cm³/mol. The van der Waals surface area contributed by atoms with Crippen LogP contribution in [0.3, 0.4) is 0 Å². The molecule has 0 aliphatic rings. The van der Waals surface area contributed by atoms with Gasteiger partial charge in [-0.25, -0.2) is 9.67 Å². The van der Waals surface area contributed by atoms with Crippen LogP contribution in [0.25, 0.3) is 0 Å². The molecule has 94 valence electrons. The van der Waals surface area contributed by atoms with E-state index in [0.29, 0.717) is 0 Å². The molecule has 0 fully saturated rings. The molecule has 8 nitrogen and oxygen atoms in total. The minimum absolute atomic E-state index is 0.0549. The van der Waals surface area contributed by atoms with E-state index in [0.717, 1.165) is 0 Å². The van der Waals surface area contributed by atoms with Crippen LogP contribution in [0.2, 0.25) is 0 Å². The Morgan fingerprint density at radius 3 is 2.59 bits per heavy atom. The van der Waals surface area contributed by atoms with Gasteiger partial charge in [0, 0.05) is 0 Å². The van der Waals surface area contributed by atoms with Crippen molar-refractivity contribution < 1.29 is 9.59 Å². The second-order valence-electron chi connectivity index (χ2n) is 3.99. The molecule has 0 aliphatic carbocycles. The molecule has 0 saturated heterocycles. The SMILES string of the molecule is CC(C)C(NC(=O)Cn1cnc(N)n1)C(N)=O. The standard InChI is InChI=1S/C9H16N6O2/c1-5(2)7(8(10)17)13-6(16)3-15-4-12-9(11)14-15/h4-5,7H,3H2,1-2H3,(H2,10,17)(H2,11,14)(H,13,16). The summed E-state index contributed by atoms with van der Waals surface area (Å²) in [6, 6.07) is -0.691. The number of anilines is 1. The first kappa shape index (κ1) is 12.9. The minimum Gasteiger partial charge on any atom is -0.368 e. The Bertz CT molecular complexity index is 413. The van der Waals surface area contributed by atoms with Crippen molar-refractivity contribution in [2.75, 3.05) is 5.73 Å². The largest absolute Gasteiger partial charge is 0.368 e. The summed E-state index contributed by atoms with van der Waals surface area (Å²) < 4.78 is 1.28. The third kappa shape index (κ3) is 3.74. The molecule has 1 unspecified atom stereocenters. The Hall–Kier alpha value is -2.12. The van der Waals surface area contributed by atoms with Crippen LogP contribution in [0.5, 0.6) is 0 Å². The van der Waals surface area contributed by atoms with Crippen molar-refractivity contribution >= 4 is 17.8 Å². The maximum absolute atomic E-state index is 11.6. The molecular formula is C9H16N6O2. The van der Waals surface area contributed by atoms with Crippen molar-refractivity contribution in [1.82, 2.24) is 20.1 Å². The zero-order chi connectivity index (χ0) is 13.0. The fourth-order valence-corrected chi connectivity index (χ4v) is 1.32. The maximum Gasteiger partial charge on any atom is 0.242 e. The molecule has 1 heterocycles. The number of nitrogens with two attached hydrogens (primary N) is 2. The Morgan fingerprint density at radius 2 is 2.18 bits per heavy atom. The fraction of sp³-hybridized carbons (Fsp3) is 0.556. The Kier molecular flexibility index (Phi) is 4.02. The van der Waals surface area contributed by atoms with E-state index < -0.39 is 11.9 Å². The molecule has 0 saturated carbocycles. The van der Waals surface area contributed by atoms with Crippen LogP contribution in [0.15, 0.2) is 6.33 Å². The molecule has 0 radical (unpaired) electrons. The number of hydrogen-bond donors (Lipinski definition) is 3. The van der Waals surface area contributed by atoms with E-state index >= 15 is 0 Å². The molecule has 1 aromatic heterocycles. The van der Waals surface area contributed by atoms with Gasteiger partial charge < -0.3 is 16.8 Å². The van der Waals surface area contributed by atoms with Crippen LogP contribution in [0.4, 0.5) is 5.95 Å². The van der Waals surface area contributed by atoms with Gasteiger partial charge in [0.25, 0.3) is 0 Å².